The lowest BCUT2D eigenvalue weighted by molar-refractivity contribution is -0.132. The van der Waals surface area contributed by atoms with Crippen LogP contribution in [-0.4, -0.2) is 38.7 Å². The molecule has 6 heteroatoms. The average Bonchev–Trinajstić information content (AvgIpc) is 2.78. The van der Waals surface area contributed by atoms with Crippen LogP contribution in [0.25, 0.3) is 0 Å². The smallest absolute Gasteiger partial charge is 0.224 e. The maximum atomic E-state index is 12.1. The first-order chi connectivity index (χ1) is 9.22. The van der Waals surface area contributed by atoms with Gasteiger partial charge in [0.1, 0.15) is 5.82 Å². The highest BCUT2D eigenvalue weighted by Crippen LogP contribution is 2.11. The molecular formula is C13H22N4OS. The van der Waals surface area contributed by atoms with Crippen molar-refractivity contribution in [2.45, 2.75) is 52.0 Å². The van der Waals surface area contributed by atoms with Gasteiger partial charge in [-0.1, -0.05) is 6.92 Å². The molecule has 1 N–H and O–H groups in total. The number of aryl methyl sites for hydroxylation is 1. The number of carbonyl (C=O) groups excluding carboxylic acids is 1. The number of hydrogen-bond acceptors (Lipinski definition) is 3. The Balaban J connectivity index is 1.92. The molecule has 0 spiro atoms. The van der Waals surface area contributed by atoms with Gasteiger partial charge in [-0.15, -0.1) is 0 Å². The SMILES string of the molecule is CCCc1n[nH]c(=S)n1CCC(=O)N1CCCCC1. The number of aromatic amines is 1. The van der Waals surface area contributed by atoms with Crippen molar-refractivity contribution < 1.29 is 4.79 Å². The Labute approximate surface area is 119 Å². The predicted molar refractivity (Wildman–Crippen MR) is 76.5 cm³/mol. The number of nitrogens with zero attached hydrogens (tertiary/aromatic N) is 3. The van der Waals surface area contributed by atoms with Gasteiger partial charge in [-0.3, -0.25) is 9.89 Å². The summed E-state index contributed by atoms with van der Waals surface area (Å²) in [4.78, 5) is 14.1. The van der Waals surface area contributed by atoms with Crippen molar-refractivity contribution in [1.29, 1.82) is 0 Å². The summed E-state index contributed by atoms with van der Waals surface area (Å²) in [6.07, 6.45) is 5.96. The van der Waals surface area contributed by atoms with Crippen LogP contribution in [0.1, 0.15) is 44.9 Å². The van der Waals surface area contributed by atoms with Gasteiger partial charge in [-0.2, -0.15) is 5.10 Å². The Morgan fingerprint density at radius 2 is 2.11 bits per heavy atom. The molecule has 0 aromatic carbocycles. The summed E-state index contributed by atoms with van der Waals surface area (Å²) in [5.74, 6) is 1.20. The summed E-state index contributed by atoms with van der Waals surface area (Å²) in [5, 5.41) is 7.03. The zero-order valence-corrected chi connectivity index (χ0v) is 12.3. The molecule has 2 heterocycles. The highest BCUT2D eigenvalue weighted by molar-refractivity contribution is 7.71. The fourth-order valence-electron chi connectivity index (χ4n) is 2.50. The summed E-state index contributed by atoms with van der Waals surface area (Å²) in [6.45, 7) is 4.58. The number of likely N-dealkylation sites (tertiary alicyclic amines) is 1. The van der Waals surface area contributed by atoms with E-state index >= 15 is 0 Å². The largest absolute Gasteiger partial charge is 0.343 e. The van der Waals surface area contributed by atoms with E-state index in [9.17, 15) is 4.79 Å². The molecule has 0 unspecified atom stereocenters. The summed E-state index contributed by atoms with van der Waals surface area (Å²) in [7, 11) is 0. The molecule has 0 saturated carbocycles. The molecule has 0 atom stereocenters. The first-order valence-corrected chi connectivity index (χ1v) is 7.55. The van der Waals surface area contributed by atoms with E-state index in [-0.39, 0.29) is 5.91 Å². The lowest BCUT2D eigenvalue weighted by Gasteiger charge is -2.26. The summed E-state index contributed by atoms with van der Waals surface area (Å²) in [6, 6.07) is 0. The highest BCUT2D eigenvalue weighted by atomic mass is 32.1. The van der Waals surface area contributed by atoms with Gasteiger partial charge in [0.05, 0.1) is 0 Å². The van der Waals surface area contributed by atoms with Crippen molar-refractivity contribution >= 4 is 18.1 Å². The van der Waals surface area contributed by atoms with Crippen LogP contribution in [0, 0.1) is 4.77 Å². The third-order valence-electron chi connectivity index (χ3n) is 3.57. The van der Waals surface area contributed by atoms with E-state index < -0.39 is 0 Å². The first-order valence-electron chi connectivity index (χ1n) is 7.14. The first kappa shape index (κ1) is 14.2. The van der Waals surface area contributed by atoms with Crippen LogP contribution in [0.2, 0.25) is 0 Å². The van der Waals surface area contributed by atoms with Crippen LogP contribution in [-0.2, 0) is 17.8 Å². The van der Waals surface area contributed by atoms with Gasteiger partial charge in [0.2, 0.25) is 5.91 Å². The average molecular weight is 282 g/mol. The lowest BCUT2D eigenvalue weighted by Crippen LogP contribution is -2.36. The van der Waals surface area contributed by atoms with Crippen LogP contribution in [0.5, 0.6) is 0 Å². The number of rotatable bonds is 5. The minimum atomic E-state index is 0.241. The Morgan fingerprint density at radius 1 is 1.37 bits per heavy atom. The van der Waals surface area contributed by atoms with E-state index in [1.54, 1.807) is 0 Å². The van der Waals surface area contributed by atoms with Crippen molar-refractivity contribution in [3.8, 4) is 0 Å². The minimum Gasteiger partial charge on any atom is -0.343 e. The standard InChI is InChI=1S/C13H22N4OS/c1-2-6-11-14-15-13(19)17(11)10-7-12(18)16-8-4-3-5-9-16/h2-10H2,1H3,(H,15,19). The number of nitrogens with one attached hydrogen (secondary N) is 1. The van der Waals surface area contributed by atoms with Crippen LogP contribution in [0.15, 0.2) is 0 Å². The number of piperidine rings is 1. The molecule has 1 aliphatic heterocycles. The molecule has 0 bridgehead atoms. The van der Waals surface area contributed by atoms with Crippen molar-refractivity contribution in [3.05, 3.63) is 10.6 Å². The number of H-pyrrole nitrogens is 1. The molecule has 1 aromatic rings. The maximum Gasteiger partial charge on any atom is 0.224 e. The van der Waals surface area contributed by atoms with Gasteiger partial charge in [0.15, 0.2) is 4.77 Å². The molecule has 2 rings (SSSR count). The minimum absolute atomic E-state index is 0.241. The zero-order chi connectivity index (χ0) is 13.7. The van der Waals surface area contributed by atoms with Gasteiger partial charge in [0, 0.05) is 32.5 Å². The molecule has 0 radical (unpaired) electrons. The van der Waals surface area contributed by atoms with E-state index in [2.05, 4.69) is 17.1 Å². The monoisotopic (exact) mass is 282 g/mol. The molecule has 5 nitrogen and oxygen atoms in total. The van der Waals surface area contributed by atoms with Crippen molar-refractivity contribution in [3.63, 3.8) is 0 Å². The van der Waals surface area contributed by atoms with Gasteiger partial charge >= 0.3 is 0 Å². The zero-order valence-electron chi connectivity index (χ0n) is 11.5. The van der Waals surface area contributed by atoms with Crippen molar-refractivity contribution in [2.75, 3.05) is 13.1 Å². The molecular weight excluding hydrogens is 260 g/mol. The molecule has 1 aliphatic rings. The normalized spacial score (nSPS) is 15.7. The predicted octanol–water partition coefficient (Wildman–Crippen LogP) is 2.30. The van der Waals surface area contributed by atoms with Gasteiger partial charge in [0.25, 0.3) is 0 Å². The van der Waals surface area contributed by atoms with Crippen LogP contribution >= 0.6 is 12.2 Å². The van der Waals surface area contributed by atoms with E-state index in [4.69, 9.17) is 12.2 Å². The second-order valence-electron chi connectivity index (χ2n) is 5.04. The summed E-state index contributed by atoms with van der Waals surface area (Å²) in [5.41, 5.74) is 0. The highest BCUT2D eigenvalue weighted by Gasteiger charge is 2.16. The topological polar surface area (TPSA) is 53.9 Å². The Morgan fingerprint density at radius 3 is 2.79 bits per heavy atom. The van der Waals surface area contributed by atoms with Crippen LogP contribution < -0.4 is 0 Å². The molecule has 1 saturated heterocycles. The molecule has 1 fully saturated rings. The lowest BCUT2D eigenvalue weighted by atomic mass is 10.1. The van der Waals surface area contributed by atoms with E-state index in [1.165, 1.54) is 6.42 Å². The summed E-state index contributed by atoms with van der Waals surface area (Å²) < 4.78 is 2.58. The number of aromatic nitrogens is 3. The fourth-order valence-corrected chi connectivity index (χ4v) is 2.75. The van der Waals surface area contributed by atoms with Gasteiger partial charge in [-0.25, -0.2) is 0 Å². The van der Waals surface area contributed by atoms with Crippen LogP contribution in [0.3, 0.4) is 0 Å². The molecule has 106 valence electrons. The molecule has 19 heavy (non-hydrogen) atoms. The fraction of sp³-hybridized carbons (Fsp3) is 0.769. The Hall–Kier alpha value is -1.17. The van der Waals surface area contributed by atoms with Gasteiger partial charge in [-0.05, 0) is 37.9 Å². The van der Waals surface area contributed by atoms with E-state index in [0.29, 0.717) is 17.7 Å². The Bertz CT molecular complexity index is 473. The molecule has 1 aromatic heterocycles. The van der Waals surface area contributed by atoms with Crippen molar-refractivity contribution in [1.82, 2.24) is 19.7 Å². The summed E-state index contributed by atoms with van der Waals surface area (Å²) >= 11 is 5.22. The Kier molecular flexibility index (Phi) is 5.13. The number of carbonyl (C=O) groups is 1. The number of hydrogen-bond donors (Lipinski definition) is 1. The maximum absolute atomic E-state index is 12.1. The second-order valence-corrected chi connectivity index (χ2v) is 5.42. The second kappa shape index (κ2) is 6.84. The van der Waals surface area contributed by atoms with Crippen molar-refractivity contribution in [2.24, 2.45) is 0 Å². The molecule has 0 aliphatic carbocycles. The quantitative estimate of drug-likeness (QED) is 0.843. The van der Waals surface area contributed by atoms with E-state index in [0.717, 1.165) is 44.6 Å². The molecule has 1 amide bonds. The third-order valence-corrected chi connectivity index (χ3v) is 3.88. The number of amides is 1. The van der Waals surface area contributed by atoms with E-state index in [1.807, 2.05) is 9.47 Å². The van der Waals surface area contributed by atoms with Gasteiger partial charge < -0.3 is 9.47 Å². The van der Waals surface area contributed by atoms with Crippen LogP contribution in [0.4, 0.5) is 0 Å². The third kappa shape index (κ3) is 3.65.